The van der Waals surface area contributed by atoms with Gasteiger partial charge >= 0.3 is 17.9 Å². The van der Waals surface area contributed by atoms with Crippen LogP contribution in [0.25, 0.3) is 0 Å². The molecule has 0 radical (unpaired) electrons. The summed E-state index contributed by atoms with van der Waals surface area (Å²) in [6, 6.07) is -0.615. The van der Waals surface area contributed by atoms with E-state index in [4.69, 9.17) is 14.2 Å². The van der Waals surface area contributed by atoms with Crippen LogP contribution >= 0.6 is 0 Å². The van der Waals surface area contributed by atoms with Crippen LogP contribution in [-0.2, 0) is 28.6 Å². The SMILES string of the molecule is CCCCCCCCCCC/C=C/C/C=C/CCCCCCCCCC(=O)OC(COCCC(C(=O)O)[N+](C)(C)C)COC(=O)CCCCCCCCCCCCCCCCCCCCCC. The molecular formula is C59H112NO7+. The predicted molar refractivity (Wildman–Crippen MR) is 285 cm³/mol. The summed E-state index contributed by atoms with van der Waals surface area (Å²) < 4.78 is 17.4. The van der Waals surface area contributed by atoms with Crippen LogP contribution in [0.1, 0.15) is 284 Å². The molecule has 67 heavy (non-hydrogen) atoms. The monoisotopic (exact) mass is 947 g/mol. The molecule has 0 aliphatic rings. The number of carboxylic acids is 1. The number of unbranched alkanes of at least 4 members (excludes halogenated alkanes) is 35. The van der Waals surface area contributed by atoms with Crippen LogP contribution in [0.5, 0.6) is 0 Å². The molecule has 0 saturated heterocycles. The number of esters is 2. The minimum Gasteiger partial charge on any atom is -0.477 e. The van der Waals surface area contributed by atoms with Crippen molar-refractivity contribution in [2.75, 3.05) is 41.0 Å². The molecule has 0 amide bonds. The molecule has 2 unspecified atom stereocenters. The number of ether oxygens (including phenoxy) is 3. The van der Waals surface area contributed by atoms with Crippen LogP contribution in [0.2, 0.25) is 0 Å². The molecule has 394 valence electrons. The molecule has 0 aromatic heterocycles. The predicted octanol–water partition coefficient (Wildman–Crippen LogP) is 17.2. The number of carbonyl (C=O) groups is 3. The maximum atomic E-state index is 12.8. The number of nitrogens with zero attached hydrogens (tertiary/aromatic N) is 1. The Bertz CT molecular complexity index is 1150. The number of hydrogen-bond acceptors (Lipinski definition) is 6. The van der Waals surface area contributed by atoms with Crippen LogP contribution in [0.15, 0.2) is 24.3 Å². The van der Waals surface area contributed by atoms with Crippen LogP contribution in [0.4, 0.5) is 0 Å². The fourth-order valence-corrected chi connectivity index (χ4v) is 8.89. The summed E-state index contributed by atoms with van der Waals surface area (Å²) in [6.07, 6.45) is 59.5. The van der Waals surface area contributed by atoms with E-state index in [1.807, 2.05) is 21.1 Å². The lowest BCUT2D eigenvalue weighted by atomic mass is 10.0. The molecule has 0 spiro atoms. The maximum Gasteiger partial charge on any atom is 0.362 e. The van der Waals surface area contributed by atoms with Gasteiger partial charge in [-0.15, -0.1) is 0 Å². The second-order valence-electron chi connectivity index (χ2n) is 20.9. The van der Waals surface area contributed by atoms with Crippen LogP contribution in [0.3, 0.4) is 0 Å². The number of carboxylic acid groups (broad SMARTS) is 1. The second-order valence-corrected chi connectivity index (χ2v) is 20.9. The van der Waals surface area contributed by atoms with Crippen molar-refractivity contribution in [2.24, 2.45) is 0 Å². The van der Waals surface area contributed by atoms with Gasteiger partial charge in [-0.3, -0.25) is 9.59 Å². The molecule has 0 fully saturated rings. The molecule has 0 aromatic rings. The molecular weight excluding hydrogens is 835 g/mol. The van der Waals surface area contributed by atoms with Gasteiger partial charge in [0.15, 0.2) is 12.1 Å². The van der Waals surface area contributed by atoms with Crippen molar-refractivity contribution in [3.05, 3.63) is 24.3 Å². The van der Waals surface area contributed by atoms with Crippen molar-refractivity contribution in [1.82, 2.24) is 0 Å². The fourth-order valence-electron chi connectivity index (χ4n) is 8.89. The van der Waals surface area contributed by atoms with Crippen LogP contribution in [0, 0.1) is 0 Å². The quantitative estimate of drug-likeness (QED) is 0.0281. The van der Waals surface area contributed by atoms with E-state index in [-0.39, 0.29) is 36.2 Å². The highest BCUT2D eigenvalue weighted by Crippen LogP contribution is 2.17. The average Bonchev–Trinajstić information content (AvgIpc) is 3.29. The minimum atomic E-state index is -0.872. The highest BCUT2D eigenvalue weighted by molar-refractivity contribution is 5.72. The van der Waals surface area contributed by atoms with E-state index in [0.717, 1.165) is 51.4 Å². The van der Waals surface area contributed by atoms with Crippen molar-refractivity contribution in [3.8, 4) is 0 Å². The zero-order valence-electron chi connectivity index (χ0n) is 45.1. The molecule has 2 atom stereocenters. The van der Waals surface area contributed by atoms with Crippen molar-refractivity contribution in [3.63, 3.8) is 0 Å². The van der Waals surface area contributed by atoms with Gasteiger partial charge in [-0.1, -0.05) is 244 Å². The van der Waals surface area contributed by atoms with Gasteiger partial charge in [0, 0.05) is 19.3 Å². The Hall–Kier alpha value is -2.19. The summed E-state index contributed by atoms with van der Waals surface area (Å²) in [4.78, 5) is 37.3. The molecule has 0 aliphatic heterocycles. The van der Waals surface area contributed by atoms with Crippen molar-refractivity contribution in [2.45, 2.75) is 296 Å². The van der Waals surface area contributed by atoms with Gasteiger partial charge in [0.2, 0.25) is 0 Å². The Morgan fingerprint density at radius 3 is 1.15 bits per heavy atom. The molecule has 0 saturated carbocycles. The lowest BCUT2D eigenvalue weighted by Crippen LogP contribution is -2.50. The molecule has 8 nitrogen and oxygen atoms in total. The van der Waals surface area contributed by atoms with Gasteiger partial charge in [-0.25, -0.2) is 4.79 Å². The molecule has 0 aromatic carbocycles. The number of carbonyl (C=O) groups excluding carboxylic acids is 2. The maximum absolute atomic E-state index is 12.8. The third kappa shape index (κ3) is 48.6. The van der Waals surface area contributed by atoms with Crippen molar-refractivity contribution < 1.29 is 38.2 Å². The molecule has 0 heterocycles. The lowest BCUT2D eigenvalue weighted by Gasteiger charge is -2.31. The first-order valence-corrected chi connectivity index (χ1v) is 28.9. The highest BCUT2D eigenvalue weighted by atomic mass is 16.6. The van der Waals surface area contributed by atoms with E-state index in [1.54, 1.807) is 0 Å². The Morgan fingerprint density at radius 1 is 0.448 bits per heavy atom. The summed E-state index contributed by atoms with van der Waals surface area (Å²) in [7, 11) is 5.55. The Balaban J connectivity index is 4.16. The van der Waals surface area contributed by atoms with Gasteiger partial charge in [-0.05, 0) is 44.9 Å². The topological polar surface area (TPSA) is 99.1 Å². The third-order valence-electron chi connectivity index (χ3n) is 13.4. The van der Waals surface area contributed by atoms with Gasteiger partial charge < -0.3 is 23.8 Å². The number of hydrogen-bond donors (Lipinski definition) is 1. The van der Waals surface area contributed by atoms with Gasteiger partial charge in [0.1, 0.15) is 6.61 Å². The van der Waals surface area contributed by atoms with E-state index in [1.165, 1.54) is 199 Å². The van der Waals surface area contributed by atoms with Crippen molar-refractivity contribution >= 4 is 17.9 Å². The molecule has 0 aliphatic carbocycles. The third-order valence-corrected chi connectivity index (χ3v) is 13.4. The zero-order chi connectivity index (χ0) is 49.2. The first kappa shape index (κ1) is 64.8. The summed E-state index contributed by atoms with van der Waals surface area (Å²) in [5.41, 5.74) is 0. The molecule has 0 bridgehead atoms. The van der Waals surface area contributed by atoms with Crippen molar-refractivity contribution in [1.29, 1.82) is 0 Å². The highest BCUT2D eigenvalue weighted by Gasteiger charge is 2.31. The van der Waals surface area contributed by atoms with E-state index in [2.05, 4.69) is 38.2 Å². The summed E-state index contributed by atoms with van der Waals surface area (Å²) in [6.45, 7) is 4.79. The standard InChI is InChI=1S/C59H111NO7/c1-6-8-10-12-14-16-18-20-22-24-26-28-29-30-32-34-36-38-40-42-44-46-48-50-58(62)67-55(53-65-52-51-56(59(63)64)60(3,4)5)54-66-57(61)49-47-45-43-41-39-37-35-33-31-27-25-23-21-19-17-15-13-11-9-7-2/h26,28,30,32,55-56H,6-25,27,29,31,33-54H2,1-5H3/p+1/b28-26+,32-30+. The van der Waals surface area contributed by atoms with Crippen LogP contribution < -0.4 is 0 Å². The largest absolute Gasteiger partial charge is 0.477 e. The molecule has 8 heteroatoms. The van der Waals surface area contributed by atoms with Gasteiger partial charge in [0.25, 0.3) is 0 Å². The summed E-state index contributed by atoms with van der Waals surface area (Å²) in [5, 5.41) is 9.68. The first-order valence-electron chi connectivity index (χ1n) is 28.9. The zero-order valence-corrected chi connectivity index (χ0v) is 45.1. The van der Waals surface area contributed by atoms with Crippen LogP contribution in [-0.4, -0.2) is 80.6 Å². The van der Waals surface area contributed by atoms with E-state index in [9.17, 15) is 19.5 Å². The Kier molecular flexibility index (Phi) is 48.6. The molecule has 0 rings (SSSR count). The Labute approximate surface area is 415 Å². The summed E-state index contributed by atoms with van der Waals surface area (Å²) in [5.74, 6) is -1.45. The van der Waals surface area contributed by atoms with E-state index < -0.39 is 18.1 Å². The molecule has 1 N–H and O–H groups in total. The van der Waals surface area contributed by atoms with Gasteiger partial charge in [-0.2, -0.15) is 0 Å². The minimum absolute atomic E-state index is 0.0489. The average molecular weight is 948 g/mol. The van der Waals surface area contributed by atoms with E-state index in [0.29, 0.717) is 19.3 Å². The van der Waals surface area contributed by atoms with Gasteiger partial charge in [0.05, 0.1) is 34.4 Å². The number of allylic oxidation sites excluding steroid dienone is 4. The Morgan fingerprint density at radius 2 is 0.791 bits per heavy atom. The lowest BCUT2D eigenvalue weighted by molar-refractivity contribution is -0.887. The second kappa shape index (κ2) is 50.2. The number of aliphatic carboxylic acids is 1. The normalized spacial score (nSPS) is 12.9. The number of quaternary nitrogens is 1. The smallest absolute Gasteiger partial charge is 0.362 e. The number of likely N-dealkylation sites (N-methyl/N-ethyl adjacent to an activating group) is 1. The van der Waals surface area contributed by atoms with E-state index >= 15 is 0 Å². The first-order chi connectivity index (χ1) is 32.6. The fraction of sp³-hybridized carbons (Fsp3) is 0.881. The summed E-state index contributed by atoms with van der Waals surface area (Å²) >= 11 is 0. The number of rotatable bonds is 53.